The Labute approximate surface area is 171 Å². The average Bonchev–Trinajstić information content (AvgIpc) is 3.13. The Hall–Kier alpha value is -3.26. The van der Waals surface area contributed by atoms with Crippen LogP contribution in [0.5, 0.6) is 5.75 Å². The zero-order chi connectivity index (χ0) is 20.4. The van der Waals surface area contributed by atoms with E-state index in [1.807, 2.05) is 43.3 Å². The third-order valence-electron chi connectivity index (χ3n) is 4.67. The summed E-state index contributed by atoms with van der Waals surface area (Å²) >= 11 is 1.31. The summed E-state index contributed by atoms with van der Waals surface area (Å²) in [5.74, 6) is 1.07. The summed E-state index contributed by atoms with van der Waals surface area (Å²) in [6.45, 7) is 2.20. The van der Waals surface area contributed by atoms with E-state index in [1.165, 1.54) is 15.9 Å². The fourth-order valence-corrected chi connectivity index (χ4v) is 4.25. The Morgan fingerprint density at radius 1 is 1.28 bits per heavy atom. The fourth-order valence-electron chi connectivity index (χ4n) is 3.22. The van der Waals surface area contributed by atoms with Gasteiger partial charge < -0.3 is 10.1 Å². The van der Waals surface area contributed by atoms with Crippen molar-refractivity contribution in [2.75, 3.05) is 7.11 Å². The van der Waals surface area contributed by atoms with Crippen LogP contribution in [-0.4, -0.2) is 27.6 Å². The third kappa shape index (κ3) is 3.71. The lowest BCUT2D eigenvalue weighted by atomic mass is 10.2. The summed E-state index contributed by atoms with van der Waals surface area (Å²) < 4.78 is 7.18. The van der Waals surface area contributed by atoms with Crippen molar-refractivity contribution in [2.24, 2.45) is 0 Å². The van der Waals surface area contributed by atoms with Gasteiger partial charge in [0.2, 0.25) is 5.91 Å². The van der Waals surface area contributed by atoms with E-state index in [-0.39, 0.29) is 18.0 Å². The molecule has 0 aliphatic heterocycles. The van der Waals surface area contributed by atoms with Gasteiger partial charge in [-0.05, 0) is 29.8 Å². The van der Waals surface area contributed by atoms with Gasteiger partial charge in [0.1, 0.15) is 27.6 Å². The molecular weight excluding hydrogens is 388 g/mol. The normalized spacial score (nSPS) is 11.1. The van der Waals surface area contributed by atoms with Crippen LogP contribution in [0.4, 0.5) is 0 Å². The number of fused-ring (bicyclic) bond motifs is 3. The maximum atomic E-state index is 13.1. The second kappa shape index (κ2) is 8.00. The fraction of sp³-hybridized carbons (Fsp3) is 0.238. The molecule has 0 unspecified atom stereocenters. The number of hydrogen-bond acceptors (Lipinski definition) is 6. The van der Waals surface area contributed by atoms with Crippen molar-refractivity contribution in [1.29, 1.82) is 0 Å². The number of benzene rings is 1. The molecule has 7 nitrogen and oxygen atoms in total. The molecule has 0 aliphatic rings. The molecule has 4 aromatic rings. The van der Waals surface area contributed by atoms with Crippen molar-refractivity contribution in [3.63, 3.8) is 0 Å². The molecule has 1 aromatic carbocycles. The molecule has 4 rings (SSSR count). The summed E-state index contributed by atoms with van der Waals surface area (Å²) in [6, 6.07) is 11.2. The number of aryl methyl sites for hydroxylation is 1. The van der Waals surface area contributed by atoms with Crippen LogP contribution in [0.15, 0.2) is 47.4 Å². The number of methoxy groups -OCH3 is 1. The highest BCUT2D eigenvalue weighted by molar-refractivity contribution is 7.25. The van der Waals surface area contributed by atoms with Crippen molar-refractivity contribution < 1.29 is 9.53 Å². The summed E-state index contributed by atoms with van der Waals surface area (Å²) in [5.41, 5.74) is 1.38. The number of nitrogens with one attached hydrogen (secondary N) is 1. The standard InChI is InChI=1S/C21H20N4O3S/c1-3-16-24-18-15-8-5-9-22-20(15)29-19(18)21(27)25(16)12-17(26)23-11-13-6-4-7-14(10-13)28-2/h4-10H,3,11-12H2,1-2H3,(H,23,26). The number of rotatable bonds is 6. The predicted molar refractivity (Wildman–Crippen MR) is 113 cm³/mol. The number of thiophene rings is 1. The van der Waals surface area contributed by atoms with Crippen molar-refractivity contribution in [3.8, 4) is 5.75 Å². The molecule has 0 atom stereocenters. The summed E-state index contributed by atoms with van der Waals surface area (Å²) in [5, 5.41) is 3.73. The van der Waals surface area contributed by atoms with Crippen LogP contribution < -0.4 is 15.6 Å². The van der Waals surface area contributed by atoms with Gasteiger partial charge in [-0.3, -0.25) is 14.2 Å². The minimum atomic E-state index is -0.245. The van der Waals surface area contributed by atoms with Gasteiger partial charge in [-0.15, -0.1) is 11.3 Å². The van der Waals surface area contributed by atoms with Crippen LogP contribution in [-0.2, 0) is 24.3 Å². The molecule has 1 amide bonds. The van der Waals surface area contributed by atoms with E-state index < -0.39 is 0 Å². The third-order valence-corrected chi connectivity index (χ3v) is 5.76. The molecule has 3 aromatic heterocycles. The molecule has 0 fully saturated rings. The van der Waals surface area contributed by atoms with Gasteiger partial charge >= 0.3 is 0 Å². The lowest BCUT2D eigenvalue weighted by Crippen LogP contribution is -2.34. The molecule has 0 bridgehead atoms. The van der Waals surface area contributed by atoms with E-state index in [2.05, 4.69) is 15.3 Å². The number of amides is 1. The minimum absolute atomic E-state index is 0.0728. The first kappa shape index (κ1) is 19.1. The second-order valence-corrected chi connectivity index (χ2v) is 7.54. The van der Waals surface area contributed by atoms with Gasteiger partial charge in [-0.2, -0.15) is 0 Å². The maximum Gasteiger partial charge on any atom is 0.272 e. The van der Waals surface area contributed by atoms with Crippen molar-refractivity contribution in [2.45, 2.75) is 26.4 Å². The van der Waals surface area contributed by atoms with E-state index in [9.17, 15) is 9.59 Å². The zero-order valence-electron chi connectivity index (χ0n) is 16.1. The Kier molecular flexibility index (Phi) is 5.26. The van der Waals surface area contributed by atoms with E-state index in [0.29, 0.717) is 29.0 Å². The first-order valence-electron chi connectivity index (χ1n) is 9.27. The molecule has 8 heteroatoms. The lowest BCUT2D eigenvalue weighted by molar-refractivity contribution is -0.121. The molecule has 0 saturated heterocycles. The minimum Gasteiger partial charge on any atom is -0.497 e. The first-order chi connectivity index (χ1) is 14.1. The van der Waals surface area contributed by atoms with Crippen LogP contribution in [0.3, 0.4) is 0 Å². The number of ether oxygens (including phenoxy) is 1. The molecule has 0 saturated carbocycles. The zero-order valence-corrected chi connectivity index (χ0v) is 17.0. The maximum absolute atomic E-state index is 13.1. The van der Waals surface area contributed by atoms with E-state index in [4.69, 9.17) is 4.74 Å². The van der Waals surface area contributed by atoms with Crippen LogP contribution >= 0.6 is 11.3 Å². The number of nitrogens with zero attached hydrogens (tertiary/aromatic N) is 3. The quantitative estimate of drug-likeness (QED) is 0.530. The van der Waals surface area contributed by atoms with Crippen LogP contribution in [0, 0.1) is 0 Å². The smallest absolute Gasteiger partial charge is 0.272 e. The summed E-state index contributed by atoms with van der Waals surface area (Å²) in [7, 11) is 1.60. The highest BCUT2D eigenvalue weighted by Crippen LogP contribution is 2.28. The van der Waals surface area contributed by atoms with Gasteiger partial charge in [0.15, 0.2) is 0 Å². The number of pyridine rings is 1. The summed E-state index contributed by atoms with van der Waals surface area (Å²) in [6.07, 6.45) is 2.24. The molecule has 0 radical (unpaired) electrons. The van der Waals surface area contributed by atoms with Crippen LogP contribution in [0.25, 0.3) is 20.4 Å². The van der Waals surface area contributed by atoms with Gasteiger partial charge in [0.05, 0.1) is 12.6 Å². The molecule has 0 aliphatic carbocycles. The number of hydrogen-bond donors (Lipinski definition) is 1. The van der Waals surface area contributed by atoms with Crippen molar-refractivity contribution in [3.05, 3.63) is 64.3 Å². The monoisotopic (exact) mass is 408 g/mol. The first-order valence-corrected chi connectivity index (χ1v) is 10.1. The molecular formula is C21H20N4O3S. The lowest BCUT2D eigenvalue weighted by Gasteiger charge is -2.12. The summed E-state index contributed by atoms with van der Waals surface area (Å²) in [4.78, 5) is 35.4. The van der Waals surface area contributed by atoms with Crippen molar-refractivity contribution in [1.82, 2.24) is 19.9 Å². The highest BCUT2D eigenvalue weighted by Gasteiger charge is 2.17. The van der Waals surface area contributed by atoms with Gasteiger partial charge in [0.25, 0.3) is 5.56 Å². The SMILES string of the molecule is CCc1nc2c(sc3ncccc32)c(=O)n1CC(=O)NCc1cccc(OC)c1. The van der Waals surface area contributed by atoms with Crippen LogP contribution in [0.2, 0.25) is 0 Å². The van der Waals surface area contributed by atoms with Crippen molar-refractivity contribution >= 4 is 37.7 Å². The van der Waals surface area contributed by atoms with Gasteiger partial charge in [-0.25, -0.2) is 9.97 Å². The topological polar surface area (TPSA) is 86.1 Å². The number of aromatic nitrogens is 3. The van der Waals surface area contributed by atoms with Gasteiger partial charge in [0, 0.05) is 24.5 Å². The van der Waals surface area contributed by atoms with Gasteiger partial charge in [-0.1, -0.05) is 19.1 Å². The Morgan fingerprint density at radius 3 is 2.93 bits per heavy atom. The van der Waals surface area contributed by atoms with E-state index >= 15 is 0 Å². The molecule has 3 heterocycles. The largest absolute Gasteiger partial charge is 0.497 e. The van der Waals surface area contributed by atoms with E-state index in [0.717, 1.165) is 21.5 Å². The average molecular weight is 408 g/mol. The second-order valence-electron chi connectivity index (χ2n) is 6.54. The molecule has 29 heavy (non-hydrogen) atoms. The Morgan fingerprint density at radius 2 is 2.14 bits per heavy atom. The molecule has 1 N–H and O–H groups in total. The molecule has 148 valence electrons. The molecule has 0 spiro atoms. The Bertz CT molecular complexity index is 1260. The number of carbonyl (C=O) groups is 1. The Balaban J connectivity index is 1.61. The highest BCUT2D eigenvalue weighted by atomic mass is 32.1. The number of carbonyl (C=O) groups excluding carboxylic acids is 1. The predicted octanol–water partition coefficient (Wildman–Crippen LogP) is 2.89. The van der Waals surface area contributed by atoms with E-state index in [1.54, 1.807) is 13.3 Å². The van der Waals surface area contributed by atoms with Crippen LogP contribution in [0.1, 0.15) is 18.3 Å².